The summed E-state index contributed by atoms with van der Waals surface area (Å²) >= 11 is 0. The Labute approximate surface area is 327 Å². The smallest absolute Gasteiger partial charge is 0.242 e. The number of para-hydroxylation sites is 5. The molecule has 0 unspecified atom stereocenters. The zero-order valence-electron chi connectivity index (χ0n) is 31.8. The molecule has 1 aliphatic heterocycles. The van der Waals surface area contributed by atoms with Gasteiger partial charge in [0, 0.05) is 61.7 Å². The molecule has 0 bridgehead atoms. The van der Waals surface area contributed by atoms with Crippen LogP contribution < -0.4 is 24.6 Å². The van der Waals surface area contributed by atoms with Crippen LogP contribution >= 0.6 is 0 Å². The minimum atomic E-state index is -2.39. The number of aromatic nitrogens is 4. The van der Waals surface area contributed by atoms with Crippen molar-refractivity contribution < 1.29 is 34.5 Å². The molecular formula is C45H33N5OPtSi-2. The van der Waals surface area contributed by atoms with Gasteiger partial charge in [0.2, 0.25) is 6.33 Å². The largest absolute Gasteiger partial charge is 0.510 e. The number of fused-ring (bicyclic) bond motifs is 6. The van der Waals surface area contributed by atoms with Gasteiger partial charge in [0.15, 0.2) is 0 Å². The number of ether oxygens (including phenoxy) is 1. The molecule has 0 spiro atoms. The van der Waals surface area contributed by atoms with Crippen LogP contribution in [0.25, 0.3) is 44.3 Å². The molecule has 260 valence electrons. The van der Waals surface area contributed by atoms with Gasteiger partial charge in [-0.05, 0) is 40.0 Å². The van der Waals surface area contributed by atoms with Crippen molar-refractivity contribution in [2.45, 2.75) is 13.1 Å². The van der Waals surface area contributed by atoms with E-state index < -0.39 is 15.0 Å². The van der Waals surface area contributed by atoms with Crippen molar-refractivity contribution in [3.63, 3.8) is 0 Å². The number of benzene rings is 6. The maximum Gasteiger partial charge on any atom is 0.242 e. The van der Waals surface area contributed by atoms with Crippen LogP contribution in [0.4, 0.5) is 17.1 Å². The van der Waals surface area contributed by atoms with Crippen molar-refractivity contribution in [1.29, 1.82) is 0 Å². The van der Waals surface area contributed by atoms with E-state index in [4.69, 9.17) is 13.8 Å². The monoisotopic (exact) mass is 885 g/mol. The van der Waals surface area contributed by atoms with Crippen LogP contribution in [0, 0.1) is 18.5 Å². The van der Waals surface area contributed by atoms with Crippen LogP contribution in [0.15, 0.2) is 146 Å². The number of pyridine rings is 1. The maximum atomic E-state index is 8.05. The number of hydrogen-bond donors (Lipinski definition) is 0. The van der Waals surface area contributed by atoms with Crippen LogP contribution in [0.1, 0.15) is 4.11 Å². The first-order valence-corrected chi connectivity index (χ1v) is 20.2. The molecule has 0 saturated heterocycles. The molecule has 0 N–H and O–H groups in total. The van der Waals surface area contributed by atoms with Gasteiger partial charge in [0.25, 0.3) is 0 Å². The molecule has 8 heteroatoms. The predicted molar refractivity (Wildman–Crippen MR) is 211 cm³/mol. The molecular weight excluding hydrogens is 850 g/mol. The van der Waals surface area contributed by atoms with E-state index in [9.17, 15) is 0 Å². The van der Waals surface area contributed by atoms with Gasteiger partial charge in [-0.25, -0.2) is 4.98 Å². The quantitative estimate of drug-likeness (QED) is 0.0987. The summed E-state index contributed by atoms with van der Waals surface area (Å²) in [6.07, 6.45) is 4.89. The number of hydrogen-bond acceptors (Lipinski definition) is 3. The first kappa shape index (κ1) is 29.8. The number of aryl methyl sites for hydroxylation is 1. The van der Waals surface area contributed by atoms with Crippen molar-refractivity contribution in [3.05, 3.63) is 164 Å². The summed E-state index contributed by atoms with van der Waals surface area (Å²) < 4.78 is 35.6. The Bertz CT molecular complexity index is 2920. The minimum Gasteiger partial charge on any atom is -0.510 e. The molecule has 0 atom stereocenters. The van der Waals surface area contributed by atoms with Crippen molar-refractivity contribution >= 4 is 68.3 Å². The van der Waals surface area contributed by atoms with Gasteiger partial charge in [0.05, 0.1) is 27.8 Å². The maximum absolute atomic E-state index is 8.05. The van der Waals surface area contributed by atoms with Gasteiger partial charge in [-0.15, -0.1) is 29.7 Å². The molecule has 9 aromatic rings. The fourth-order valence-corrected chi connectivity index (χ4v) is 10.8. The summed E-state index contributed by atoms with van der Waals surface area (Å²) in [5.41, 5.74) is 7.11. The fourth-order valence-electron chi connectivity index (χ4n) is 7.77. The van der Waals surface area contributed by atoms with Gasteiger partial charge < -0.3 is 23.3 Å². The topological polar surface area (TPSA) is 39.1 Å². The Morgan fingerprint density at radius 1 is 0.698 bits per heavy atom. The van der Waals surface area contributed by atoms with Gasteiger partial charge in [-0.1, -0.05) is 103 Å². The summed E-state index contributed by atoms with van der Waals surface area (Å²) in [5.74, 6) is 1.72. The van der Waals surface area contributed by atoms with E-state index in [1.807, 2.05) is 60.8 Å². The summed E-state index contributed by atoms with van der Waals surface area (Å²) in [4.78, 5) is 7.32. The van der Waals surface area contributed by atoms with Gasteiger partial charge in [-0.3, -0.25) is 0 Å². The molecule has 53 heavy (non-hydrogen) atoms. The van der Waals surface area contributed by atoms with Crippen LogP contribution in [-0.4, -0.2) is 22.2 Å². The Balaban J connectivity index is 0.00000410. The third-order valence-electron chi connectivity index (χ3n) is 10.2. The Kier molecular flexibility index (Phi) is 7.15. The van der Waals surface area contributed by atoms with E-state index in [0.717, 1.165) is 33.3 Å². The summed E-state index contributed by atoms with van der Waals surface area (Å²) in [6.45, 7) is 2.47. The van der Waals surface area contributed by atoms with Gasteiger partial charge >= 0.3 is 0 Å². The molecule has 4 heterocycles. The number of nitrogens with zero attached hydrogens (tertiary/aromatic N) is 5. The van der Waals surface area contributed by atoms with Crippen LogP contribution in [0.5, 0.6) is 11.5 Å². The van der Waals surface area contributed by atoms with Crippen LogP contribution in [-0.2, 0) is 28.0 Å². The van der Waals surface area contributed by atoms with E-state index in [0.29, 0.717) is 28.2 Å². The number of rotatable bonds is 5. The summed E-state index contributed by atoms with van der Waals surface area (Å²) in [7, 11) is -1.94. The fraction of sp³-hybridized carbons (Fsp3) is 0.0667. The summed E-state index contributed by atoms with van der Waals surface area (Å²) in [6, 6.07) is 53.8. The zero-order chi connectivity index (χ0) is 37.5. The van der Waals surface area contributed by atoms with Crippen molar-refractivity contribution in [3.8, 4) is 23.0 Å². The molecule has 1 aliphatic rings. The Hall–Kier alpha value is -5.75. The first-order chi connectivity index (χ1) is 26.7. The third-order valence-corrected chi connectivity index (χ3v) is 13.7. The Morgan fingerprint density at radius 3 is 2.19 bits per heavy atom. The van der Waals surface area contributed by atoms with E-state index in [1.165, 1.54) is 26.3 Å². The van der Waals surface area contributed by atoms with E-state index >= 15 is 0 Å². The predicted octanol–water partition coefficient (Wildman–Crippen LogP) is 8.74. The molecule has 6 nitrogen and oxygen atoms in total. The average Bonchev–Trinajstić information content (AvgIpc) is 3.75. The molecule has 3 aromatic heterocycles. The standard InChI is InChI=1S/C45H33N5OSi.Pt/c1-47-30-48(39-18-7-6-17-38(39)47)31-13-12-14-33(27-31)51-34-23-24-36-35-15-4-5-16-37(35)50(42(36)29-34)45-28-32(25-26-46-45)49-40-19-8-10-21-43(40)52(2,3)44-22-11-9-20-41(44)49;/h4-26,28H,1-3H3;/q-2;/i1D3;. The molecule has 6 aromatic carbocycles. The molecule has 0 radical (unpaired) electrons. The minimum absolute atomic E-state index is 0. The Morgan fingerprint density at radius 2 is 1.40 bits per heavy atom. The second-order valence-electron chi connectivity index (χ2n) is 13.6. The van der Waals surface area contributed by atoms with E-state index in [2.05, 4.69) is 120 Å². The molecule has 0 aliphatic carbocycles. The van der Waals surface area contributed by atoms with Crippen molar-refractivity contribution in [1.82, 2.24) is 14.1 Å². The molecule has 10 rings (SSSR count). The third kappa shape index (κ3) is 5.26. The number of imidazole rings is 1. The van der Waals surface area contributed by atoms with Crippen LogP contribution in [0.2, 0.25) is 13.1 Å². The van der Waals surface area contributed by atoms with Gasteiger partial charge in [0.1, 0.15) is 13.9 Å². The second-order valence-corrected chi connectivity index (χ2v) is 17.9. The second kappa shape index (κ2) is 12.7. The van der Waals surface area contributed by atoms with Crippen molar-refractivity contribution in [2.75, 3.05) is 4.90 Å². The molecule has 0 saturated carbocycles. The zero-order valence-corrected chi connectivity index (χ0v) is 32.1. The normalized spacial score (nSPS) is 14.2. The van der Waals surface area contributed by atoms with E-state index in [1.54, 1.807) is 10.6 Å². The number of anilines is 3. The van der Waals surface area contributed by atoms with E-state index in [-0.39, 0.29) is 21.1 Å². The first-order valence-electron chi connectivity index (χ1n) is 18.7. The molecule has 0 amide bonds. The van der Waals surface area contributed by atoms with Crippen LogP contribution in [0.3, 0.4) is 0 Å². The summed E-state index contributed by atoms with van der Waals surface area (Å²) in [5, 5.41) is 4.91. The molecule has 0 fully saturated rings. The van der Waals surface area contributed by atoms with Gasteiger partial charge in [-0.2, -0.15) is 18.2 Å². The SMILES string of the molecule is [2H]C([2H])([2H])[n+]1[c-]n(-c2[c-]c(Oc3[c-]c4c(cc3)c3ccccc3n4-c3cc(N4c5ccccc5[Si](C)(C)c5ccccc54)ccn3)ccc2)c2ccccc21.[Pt]. The van der Waals surface area contributed by atoms with Crippen molar-refractivity contribution in [2.24, 2.45) is 6.98 Å². The average molecular weight is 886 g/mol.